The summed E-state index contributed by atoms with van der Waals surface area (Å²) in [4.78, 5) is 12.2. The van der Waals surface area contributed by atoms with Crippen LogP contribution >= 0.6 is 0 Å². The van der Waals surface area contributed by atoms with E-state index in [2.05, 4.69) is 0 Å². The molecule has 3 nitrogen and oxygen atoms in total. The summed E-state index contributed by atoms with van der Waals surface area (Å²) in [6.45, 7) is 1.63. The first-order valence-electron chi connectivity index (χ1n) is 5.95. The Hall–Kier alpha value is -1.56. The van der Waals surface area contributed by atoms with E-state index in [4.69, 9.17) is 4.74 Å². The molecule has 19 heavy (non-hydrogen) atoms. The maximum atomic E-state index is 12.5. The Bertz CT molecular complexity index is 447. The van der Waals surface area contributed by atoms with E-state index in [0.29, 0.717) is 0 Å². The Kier molecular flexibility index (Phi) is 3.80. The van der Waals surface area contributed by atoms with Crippen molar-refractivity contribution in [3.05, 3.63) is 35.9 Å². The first-order chi connectivity index (χ1) is 8.91. The maximum absolute atomic E-state index is 12.5. The van der Waals surface area contributed by atoms with Crippen LogP contribution in [0.5, 0.6) is 0 Å². The molecule has 6 heteroatoms. The Morgan fingerprint density at radius 1 is 1.32 bits per heavy atom. The summed E-state index contributed by atoms with van der Waals surface area (Å²) in [5.74, 6) is -1.80. The van der Waals surface area contributed by atoms with Gasteiger partial charge in [-0.3, -0.25) is 4.79 Å². The van der Waals surface area contributed by atoms with Crippen LogP contribution in [0.3, 0.4) is 0 Å². The van der Waals surface area contributed by atoms with Crippen molar-refractivity contribution in [2.24, 2.45) is 0 Å². The molecule has 104 valence electrons. The van der Waals surface area contributed by atoms with Crippen LogP contribution in [0.2, 0.25) is 0 Å². The lowest BCUT2D eigenvalue weighted by atomic mass is 10.0. The van der Waals surface area contributed by atoms with Gasteiger partial charge in [-0.05, 0) is 12.5 Å². The monoisotopic (exact) mass is 273 g/mol. The molecule has 1 aromatic rings. The SMILES string of the molecule is CC1C(c2ccccc2)OCCN1C(=O)C(F)(F)F. The Morgan fingerprint density at radius 3 is 2.53 bits per heavy atom. The number of carbonyl (C=O) groups excluding carboxylic acids is 1. The second kappa shape index (κ2) is 5.21. The smallest absolute Gasteiger partial charge is 0.370 e. The zero-order valence-corrected chi connectivity index (χ0v) is 10.4. The fourth-order valence-corrected chi connectivity index (χ4v) is 2.25. The van der Waals surface area contributed by atoms with Crippen LogP contribution in [0, 0.1) is 0 Å². The van der Waals surface area contributed by atoms with Gasteiger partial charge in [0.2, 0.25) is 0 Å². The van der Waals surface area contributed by atoms with Crippen LogP contribution < -0.4 is 0 Å². The van der Waals surface area contributed by atoms with Crippen molar-refractivity contribution in [3.8, 4) is 0 Å². The number of carbonyl (C=O) groups is 1. The molecule has 1 aromatic carbocycles. The van der Waals surface area contributed by atoms with E-state index in [0.717, 1.165) is 10.5 Å². The minimum absolute atomic E-state index is 0.0388. The fraction of sp³-hybridized carbons (Fsp3) is 0.462. The van der Waals surface area contributed by atoms with E-state index in [1.807, 2.05) is 6.07 Å². The summed E-state index contributed by atoms with van der Waals surface area (Å²) in [6.07, 6.45) is -5.37. The van der Waals surface area contributed by atoms with E-state index in [9.17, 15) is 18.0 Å². The quantitative estimate of drug-likeness (QED) is 0.787. The third-order valence-corrected chi connectivity index (χ3v) is 3.19. The standard InChI is InChI=1S/C13H14F3NO2/c1-9-11(10-5-3-2-4-6-10)19-8-7-17(9)12(18)13(14,15)16/h2-6,9,11H,7-8H2,1H3. The van der Waals surface area contributed by atoms with Gasteiger partial charge in [0.15, 0.2) is 0 Å². The number of amides is 1. The summed E-state index contributed by atoms with van der Waals surface area (Å²) in [5, 5.41) is 0. The highest BCUT2D eigenvalue weighted by atomic mass is 19.4. The molecule has 0 radical (unpaired) electrons. The average Bonchev–Trinajstić information content (AvgIpc) is 2.38. The van der Waals surface area contributed by atoms with E-state index in [-0.39, 0.29) is 13.2 Å². The molecule has 0 spiro atoms. The molecule has 0 N–H and O–H groups in total. The van der Waals surface area contributed by atoms with Crippen LogP contribution in [-0.4, -0.2) is 36.2 Å². The summed E-state index contributed by atoms with van der Waals surface area (Å²) >= 11 is 0. The predicted molar refractivity (Wildman–Crippen MR) is 62.4 cm³/mol. The third kappa shape index (κ3) is 2.89. The van der Waals surface area contributed by atoms with E-state index >= 15 is 0 Å². The minimum Gasteiger partial charge on any atom is -0.370 e. The molecule has 1 fully saturated rings. The molecule has 0 aromatic heterocycles. The molecule has 2 rings (SSSR count). The highest BCUT2D eigenvalue weighted by Gasteiger charge is 2.46. The first-order valence-corrected chi connectivity index (χ1v) is 5.95. The number of morpholine rings is 1. The molecule has 1 aliphatic rings. The van der Waals surface area contributed by atoms with Gasteiger partial charge >= 0.3 is 12.1 Å². The van der Waals surface area contributed by atoms with Crippen molar-refractivity contribution in [1.82, 2.24) is 4.90 Å². The Balaban J connectivity index is 2.20. The van der Waals surface area contributed by atoms with Gasteiger partial charge in [-0.25, -0.2) is 0 Å². The summed E-state index contributed by atoms with van der Waals surface area (Å²) in [5.41, 5.74) is 0.773. The lowest BCUT2D eigenvalue weighted by molar-refractivity contribution is -0.196. The van der Waals surface area contributed by atoms with Crippen molar-refractivity contribution in [3.63, 3.8) is 0 Å². The van der Waals surface area contributed by atoms with Gasteiger partial charge in [0.1, 0.15) is 6.10 Å². The van der Waals surface area contributed by atoms with Crippen molar-refractivity contribution in [2.45, 2.75) is 25.2 Å². The lowest BCUT2D eigenvalue weighted by Gasteiger charge is -2.39. The molecular formula is C13H14F3NO2. The van der Waals surface area contributed by atoms with Crippen molar-refractivity contribution >= 4 is 5.91 Å². The van der Waals surface area contributed by atoms with Gasteiger partial charge in [-0.1, -0.05) is 30.3 Å². The second-order valence-electron chi connectivity index (χ2n) is 4.44. The Morgan fingerprint density at radius 2 is 1.95 bits per heavy atom. The molecule has 1 heterocycles. The summed E-state index contributed by atoms with van der Waals surface area (Å²) in [7, 11) is 0. The van der Waals surface area contributed by atoms with Crippen LogP contribution in [0.25, 0.3) is 0 Å². The van der Waals surface area contributed by atoms with E-state index in [1.165, 1.54) is 0 Å². The normalized spacial score (nSPS) is 24.3. The van der Waals surface area contributed by atoms with Crippen LogP contribution in [0.4, 0.5) is 13.2 Å². The molecule has 0 aliphatic carbocycles. The number of nitrogens with zero attached hydrogens (tertiary/aromatic N) is 1. The maximum Gasteiger partial charge on any atom is 0.471 e. The number of ether oxygens (including phenoxy) is 1. The molecule has 1 aliphatic heterocycles. The molecule has 2 atom stereocenters. The van der Waals surface area contributed by atoms with Crippen LogP contribution in [0.15, 0.2) is 30.3 Å². The fourth-order valence-electron chi connectivity index (χ4n) is 2.25. The summed E-state index contributed by atoms with van der Waals surface area (Å²) < 4.78 is 43.0. The van der Waals surface area contributed by atoms with Crippen molar-refractivity contribution in [1.29, 1.82) is 0 Å². The largest absolute Gasteiger partial charge is 0.471 e. The second-order valence-corrected chi connectivity index (χ2v) is 4.44. The molecule has 0 saturated carbocycles. The van der Waals surface area contributed by atoms with Gasteiger partial charge in [0.25, 0.3) is 0 Å². The van der Waals surface area contributed by atoms with E-state index in [1.54, 1.807) is 31.2 Å². The third-order valence-electron chi connectivity index (χ3n) is 3.19. The summed E-state index contributed by atoms with van der Waals surface area (Å²) in [6, 6.07) is 8.30. The molecule has 1 amide bonds. The molecular weight excluding hydrogens is 259 g/mol. The number of hydrogen-bond acceptors (Lipinski definition) is 2. The zero-order valence-electron chi connectivity index (χ0n) is 10.4. The zero-order chi connectivity index (χ0) is 14.0. The number of benzene rings is 1. The van der Waals surface area contributed by atoms with Crippen LogP contribution in [0.1, 0.15) is 18.6 Å². The molecule has 1 saturated heterocycles. The van der Waals surface area contributed by atoms with Crippen molar-refractivity contribution < 1.29 is 22.7 Å². The van der Waals surface area contributed by atoms with E-state index < -0.39 is 24.2 Å². The van der Waals surface area contributed by atoms with Gasteiger partial charge in [0.05, 0.1) is 12.6 Å². The average molecular weight is 273 g/mol. The number of halogens is 3. The highest BCUT2D eigenvalue weighted by Crippen LogP contribution is 2.31. The highest BCUT2D eigenvalue weighted by molar-refractivity contribution is 5.82. The van der Waals surface area contributed by atoms with Gasteiger partial charge in [0, 0.05) is 6.54 Å². The number of hydrogen-bond donors (Lipinski definition) is 0. The predicted octanol–water partition coefficient (Wildman–Crippen LogP) is 2.54. The lowest BCUT2D eigenvalue weighted by Crippen LogP contribution is -2.52. The van der Waals surface area contributed by atoms with Crippen molar-refractivity contribution in [2.75, 3.05) is 13.2 Å². The topological polar surface area (TPSA) is 29.5 Å². The molecule has 0 bridgehead atoms. The minimum atomic E-state index is -4.84. The molecule has 2 unspecified atom stereocenters. The van der Waals surface area contributed by atoms with Crippen LogP contribution in [-0.2, 0) is 9.53 Å². The first kappa shape index (κ1) is 13.9. The van der Waals surface area contributed by atoms with Gasteiger partial charge in [-0.2, -0.15) is 13.2 Å². The Labute approximate surface area is 109 Å². The van der Waals surface area contributed by atoms with Gasteiger partial charge in [-0.15, -0.1) is 0 Å². The van der Waals surface area contributed by atoms with Gasteiger partial charge < -0.3 is 9.64 Å². The number of alkyl halides is 3. The number of rotatable bonds is 1.